The normalized spacial score (nSPS) is 11.2. The fourth-order valence-electron chi connectivity index (χ4n) is 8.90. The highest BCUT2D eigenvalue weighted by molar-refractivity contribution is 6.16. The van der Waals surface area contributed by atoms with Crippen LogP contribution in [0.25, 0.3) is 83.1 Å². The van der Waals surface area contributed by atoms with Crippen LogP contribution in [0.2, 0.25) is 0 Å². The number of anilines is 3. The van der Waals surface area contributed by atoms with Crippen LogP contribution in [0.5, 0.6) is 0 Å². The molecule has 0 spiro atoms. The first-order valence-electron chi connectivity index (χ1n) is 21.3. The number of nitrogens with zero attached hydrogens (tertiary/aromatic N) is 2. The van der Waals surface area contributed by atoms with Gasteiger partial charge in [0.2, 0.25) is 0 Å². The van der Waals surface area contributed by atoms with Crippen molar-refractivity contribution in [3.8, 4) is 61.3 Å². The lowest BCUT2D eigenvalue weighted by molar-refractivity contribution is 1.18. The van der Waals surface area contributed by atoms with Gasteiger partial charge in [0, 0.05) is 27.8 Å². The van der Waals surface area contributed by atoms with Gasteiger partial charge >= 0.3 is 0 Å². The summed E-state index contributed by atoms with van der Waals surface area (Å²) in [4.78, 5) is 2.42. The van der Waals surface area contributed by atoms with E-state index in [0.29, 0.717) is 0 Å². The van der Waals surface area contributed by atoms with E-state index in [2.05, 4.69) is 264 Å². The van der Waals surface area contributed by atoms with Gasteiger partial charge < -0.3 is 9.47 Å². The second kappa shape index (κ2) is 16.1. The molecule has 0 aliphatic rings. The van der Waals surface area contributed by atoms with Gasteiger partial charge in [-0.1, -0.05) is 200 Å². The lowest BCUT2D eigenvalue weighted by Crippen LogP contribution is -2.10. The molecule has 0 saturated carbocycles. The highest BCUT2D eigenvalue weighted by atomic mass is 15.1. The molecule has 0 amide bonds. The quantitative estimate of drug-likeness (QED) is 0.141. The van der Waals surface area contributed by atoms with E-state index in [0.717, 1.165) is 28.3 Å². The minimum atomic E-state index is 1.09. The number of hydrogen-bond donors (Lipinski definition) is 0. The van der Waals surface area contributed by atoms with Gasteiger partial charge in [-0.2, -0.15) is 0 Å². The monoisotopic (exact) mass is 790 g/mol. The smallest absolute Gasteiger partial charge is 0.0562 e. The molecule has 1 heterocycles. The first kappa shape index (κ1) is 36.8. The van der Waals surface area contributed by atoms with Crippen molar-refractivity contribution in [1.29, 1.82) is 0 Å². The largest absolute Gasteiger partial charge is 0.310 e. The highest BCUT2D eigenvalue weighted by Crippen LogP contribution is 2.44. The standard InChI is InChI=1S/C60H42N2/c1-4-13-43(14-5-1)46-23-27-48(28-24-46)51-31-37-53(38-32-51)61(54-39-33-52(34-40-54)49-29-25-47(26-30-49)44-15-6-2-7-16-44)58-21-12-22-59-60(58)56-19-10-11-20-57(56)62(59)55-41-35-50(36-42-55)45-17-8-3-9-18-45/h1-42H. The van der Waals surface area contributed by atoms with Crippen LogP contribution < -0.4 is 4.90 Å². The van der Waals surface area contributed by atoms with Crippen LogP contribution in [-0.2, 0) is 0 Å². The zero-order valence-corrected chi connectivity index (χ0v) is 34.1. The number of rotatable bonds is 9. The summed E-state index contributed by atoms with van der Waals surface area (Å²) in [5.74, 6) is 0. The molecule has 0 aliphatic carbocycles. The van der Waals surface area contributed by atoms with Gasteiger partial charge in [-0.25, -0.2) is 0 Å². The van der Waals surface area contributed by atoms with Crippen LogP contribution in [0.15, 0.2) is 255 Å². The highest BCUT2D eigenvalue weighted by Gasteiger charge is 2.21. The van der Waals surface area contributed by atoms with Crippen molar-refractivity contribution >= 4 is 38.9 Å². The van der Waals surface area contributed by atoms with Crippen LogP contribution in [0.3, 0.4) is 0 Å². The second-order valence-corrected chi connectivity index (χ2v) is 15.8. The Morgan fingerprint density at radius 1 is 0.242 bits per heavy atom. The van der Waals surface area contributed by atoms with E-state index < -0.39 is 0 Å². The third kappa shape index (κ3) is 6.94. The molecule has 11 rings (SSSR count). The van der Waals surface area contributed by atoms with Crippen LogP contribution in [-0.4, -0.2) is 4.57 Å². The Bertz CT molecular complexity index is 3130. The van der Waals surface area contributed by atoms with Gasteiger partial charge in [-0.05, 0) is 110 Å². The van der Waals surface area contributed by atoms with Crippen molar-refractivity contribution in [2.24, 2.45) is 0 Å². The molecule has 2 heteroatoms. The van der Waals surface area contributed by atoms with Gasteiger partial charge in [-0.3, -0.25) is 0 Å². The molecule has 10 aromatic carbocycles. The third-order valence-corrected chi connectivity index (χ3v) is 12.1. The summed E-state index contributed by atoms with van der Waals surface area (Å²) in [5.41, 5.74) is 18.8. The molecular formula is C60H42N2. The Balaban J connectivity index is 1.02. The number of fused-ring (bicyclic) bond motifs is 3. The molecule has 2 nitrogen and oxygen atoms in total. The van der Waals surface area contributed by atoms with Crippen LogP contribution in [0.4, 0.5) is 17.1 Å². The van der Waals surface area contributed by atoms with Crippen LogP contribution >= 0.6 is 0 Å². The predicted molar refractivity (Wildman–Crippen MR) is 263 cm³/mol. The maximum absolute atomic E-state index is 2.42. The average molecular weight is 791 g/mol. The van der Waals surface area contributed by atoms with Crippen molar-refractivity contribution in [3.63, 3.8) is 0 Å². The fraction of sp³-hybridized carbons (Fsp3) is 0. The summed E-state index contributed by atoms with van der Waals surface area (Å²) in [6.45, 7) is 0. The summed E-state index contributed by atoms with van der Waals surface area (Å²) in [5, 5.41) is 2.41. The molecule has 292 valence electrons. The first-order chi connectivity index (χ1) is 30.7. The minimum absolute atomic E-state index is 1.09. The summed E-state index contributed by atoms with van der Waals surface area (Å²) < 4.78 is 2.41. The van der Waals surface area contributed by atoms with E-state index in [-0.39, 0.29) is 0 Å². The number of benzene rings is 10. The van der Waals surface area contributed by atoms with E-state index in [4.69, 9.17) is 0 Å². The van der Waals surface area contributed by atoms with E-state index in [9.17, 15) is 0 Å². The zero-order chi connectivity index (χ0) is 41.2. The molecule has 0 fully saturated rings. The fourth-order valence-corrected chi connectivity index (χ4v) is 8.90. The summed E-state index contributed by atoms with van der Waals surface area (Å²) >= 11 is 0. The van der Waals surface area contributed by atoms with Gasteiger partial charge in [0.15, 0.2) is 0 Å². The molecular weight excluding hydrogens is 749 g/mol. The molecule has 0 aliphatic heterocycles. The van der Waals surface area contributed by atoms with Gasteiger partial charge in [0.25, 0.3) is 0 Å². The van der Waals surface area contributed by atoms with Crippen molar-refractivity contribution in [1.82, 2.24) is 4.57 Å². The third-order valence-electron chi connectivity index (χ3n) is 12.1. The van der Waals surface area contributed by atoms with Gasteiger partial charge in [0.1, 0.15) is 0 Å². The molecule has 0 N–H and O–H groups in total. The predicted octanol–water partition coefficient (Wildman–Crippen LogP) is 16.6. The van der Waals surface area contributed by atoms with Crippen molar-refractivity contribution in [3.05, 3.63) is 255 Å². The number of hydrogen-bond acceptors (Lipinski definition) is 1. The van der Waals surface area contributed by atoms with Gasteiger partial charge in [0.05, 0.1) is 16.7 Å². The molecule has 62 heavy (non-hydrogen) atoms. The molecule has 0 bridgehead atoms. The SMILES string of the molecule is c1ccc(-c2ccc(-c3ccc(N(c4ccc(-c5ccc(-c6ccccc6)cc5)cc4)c4cccc5c4c4ccccc4n5-c4ccc(-c5ccccc5)cc4)cc3)cc2)cc1. The number of aromatic nitrogens is 1. The Hall–Kier alpha value is -8.20. The molecule has 11 aromatic rings. The molecule has 0 saturated heterocycles. The van der Waals surface area contributed by atoms with Crippen molar-refractivity contribution in [2.75, 3.05) is 4.90 Å². The van der Waals surface area contributed by atoms with Crippen molar-refractivity contribution < 1.29 is 0 Å². The maximum Gasteiger partial charge on any atom is 0.0562 e. The van der Waals surface area contributed by atoms with E-state index in [1.54, 1.807) is 0 Å². The lowest BCUT2D eigenvalue weighted by Gasteiger charge is -2.27. The first-order valence-corrected chi connectivity index (χ1v) is 21.3. The minimum Gasteiger partial charge on any atom is -0.310 e. The van der Waals surface area contributed by atoms with E-state index in [1.165, 1.54) is 71.9 Å². The van der Waals surface area contributed by atoms with E-state index >= 15 is 0 Å². The zero-order valence-electron chi connectivity index (χ0n) is 34.1. The Morgan fingerprint density at radius 2 is 0.565 bits per heavy atom. The van der Waals surface area contributed by atoms with E-state index in [1.807, 2.05) is 0 Å². The molecule has 0 unspecified atom stereocenters. The summed E-state index contributed by atoms with van der Waals surface area (Å²) in [7, 11) is 0. The second-order valence-electron chi connectivity index (χ2n) is 15.8. The molecule has 1 aromatic heterocycles. The Labute approximate surface area is 362 Å². The molecule has 0 atom stereocenters. The topological polar surface area (TPSA) is 8.17 Å². The Kier molecular flexibility index (Phi) is 9.57. The summed E-state index contributed by atoms with van der Waals surface area (Å²) in [6, 6.07) is 92.0. The lowest BCUT2D eigenvalue weighted by atomic mass is 9.99. The average Bonchev–Trinajstić information content (AvgIpc) is 3.70. The summed E-state index contributed by atoms with van der Waals surface area (Å²) in [6.07, 6.45) is 0. The number of para-hydroxylation sites is 1. The Morgan fingerprint density at radius 3 is 0.984 bits per heavy atom. The van der Waals surface area contributed by atoms with Gasteiger partial charge in [-0.15, -0.1) is 0 Å². The van der Waals surface area contributed by atoms with Crippen molar-refractivity contribution in [2.45, 2.75) is 0 Å². The van der Waals surface area contributed by atoms with Crippen LogP contribution in [0, 0.1) is 0 Å². The molecule has 0 radical (unpaired) electrons. The van der Waals surface area contributed by atoms with Crippen LogP contribution in [0.1, 0.15) is 0 Å². The maximum atomic E-state index is 2.42.